The van der Waals surface area contributed by atoms with Crippen LogP contribution in [-0.2, 0) is 0 Å². The molecule has 0 spiro atoms. The van der Waals surface area contributed by atoms with Gasteiger partial charge >= 0.3 is 0 Å². The maximum Gasteiger partial charge on any atom is 0.0594 e. The van der Waals surface area contributed by atoms with E-state index in [2.05, 4.69) is 13.8 Å². The minimum atomic E-state index is -0.591. The summed E-state index contributed by atoms with van der Waals surface area (Å²) in [6.07, 6.45) is 0.797. The van der Waals surface area contributed by atoms with E-state index in [0.717, 1.165) is 6.42 Å². The minimum Gasteiger partial charge on any atom is -0.396 e. The molecule has 0 amide bonds. The molecule has 2 heteroatoms. The molecule has 1 rings (SSSR count). The van der Waals surface area contributed by atoms with Crippen LogP contribution in [0.25, 0.3) is 0 Å². The highest BCUT2D eigenvalue weighted by molar-refractivity contribution is 5.05. The molecular weight excluding hydrogens is 152 g/mol. The lowest BCUT2D eigenvalue weighted by molar-refractivity contribution is 0.0595. The van der Waals surface area contributed by atoms with Crippen LogP contribution in [0, 0.1) is 17.3 Å². The second-order valence-corrected chi connectivity index (χ2v) is 5.23. The van der Waals surface area contributed by atoms with Gasteiger partial charge in [-0.3, -0.25) is 0 Å². The molecule has 0 aromatic carbocycles. The summed E-state index contributed by atoms with van der Waals surface area (Å²) in [5.41, 5.74) is -0.361. The Labute approximate surface area is 74.6 Å². The molecule has 72 valence electrons. The second-order valence-electron chi connectivity index (χ2n) is 5.23. The van der Waals surface area contributed by atoms with E-state index >= 15 is 0 Å². The Morgan fingerprint density at radius 2 is 1.75 bits per heavy atom. The van der Waals surface area contributed by atoms with Crippen LogP contribution in [0.5, 0.6) is 0 Å². The Morgan fingerprint density at radius 3 is 2.00 bits per heavy atom. The summed E-state index contributed by atoms with van der Waals surface area (Å²) in [4.78, 5) is 0. The maximum absolute atomic E-state index is 9.59. The highest BCUT2D eigenvalue weighted by atomic mass is 16.3. The first kappa shape index (κ1) is 10.0. The molecule has 2 nitrogen and oxygen atoms in total. The van der Waals surface area contributed by atoms with Gasteiger partial charge in [-0.1, -0.05) is 13.8 Å². The summed E-state index contributed by atoms with van der Waals surface area (Å²) in [6.45, 7) is 8.23. The number of hydrogen-bond donors (Lipinski definition) is 2. The fraction of sp³-hybridized carbons (Fsp3) is 1.00. The first-order valence-electron chi connectivity index (χ1n) is 4.62. The average Bonchev–Trinajstić information content (AvgIpc) is 2.30. The van der Waals surface area contributed by atoms with Gasteiger partial charge in [0.2, 0.25) is 0 Å². The van der Waals surface area contributed by atoms with Crippen molar-refractivity contribution < 1.29 is 10.2 Å². The van der Waals surface area contributed by atoms with E-state index in [1.54, 1.807) is 0 Å². The van der Waals surface area contributed by atoms with Crippen molar-refractivity contribution in [2.24, 2.45) is 17.3 Å². The van der Waals surface area contributed by atoms with Crippen LogP contribution in [0.1, 0.15) is 34.1 Å². The summed E-state index contributed by atoms with van der Waals surface area (Å²) < 4.78 is 0. The Hall–Kier alpha value is -0.0800. The zero-order valence-corrected chi connectivity index (χ0v) is 8.46. The lowest BCUT2D eigenvalue weighted by atomic mass is 9.97. The van der Waals surface area contributed by atoms with Crippen molar-refractivity contribution in [2.75, 3.05) is 6.61 Å². The first-order valence-corrected chi connectivity index (χ1v) is 4.62. The minimum absolute atomic E-state index is 0.231. The molecule has 0 bridgehead atoms. The standard InChI is InChI=1S/C10H20O2/c1-9(2,12)5-7-8(6-11)10(7,3)4/h7-8,11-12H,5-6H2,1-4H3/t7?,8-/m1/s1. The van der Waals surface area contributed by atoms with E-state index in [1.165, 1.54) is 0 Å². The van der Waals surface area contributed by atoms with Crippen molar-refractivity contribution in [1.29, 1.82) is 0 Å². The third-order valence-corrected chi connectivity index (χ3v) is 3.20. The second kappa shape index (κ2) is 2.71. The van der Waals surface area contributed by atoms with Gasteiger partial charge in [-0.2, -0.15) is 0 Å². The van der Waals surface area contributed by atoms with Crippen LogP contribution in [0.15, 0.2) is 0 Å². The van der Waals surface area contributed by atoms with Gasteiger partial charge in [-0.15, -0.1) is 0 Å². The fourth-order valence-corrected chi connectivity index (χ4v) is 2.16. The molecule has 0 aromatic heterocycles. The summed E-state index contributed by atoms with van der Waals surface area (Å²) in [5.74, 6) is 0.881. The van der Waals surface area contributed by atoms with E-state index < -0.39 is 5.60 Å². The molecule has 1 aliphatic carbocycles. The molecule has 0 aliphatic heterocycles. The van der Waals surface area contributed by atoms with E-state index in [4.69, 9.17) is 5.11 Å². The van der Waals surface area contributed by atoms with Gasteiger partial charge in [0.05, 0.1) is 5.60 Å². The molecule has 0 heterocycles. The third kappa shape index (κ3) is 1.80. The van der Waals surface area contributed by atoms with Crippen molar-refractivity contribution in [3.05, 3.63) is 0 Å². The first-order chi connectivity index (χ1) is 5.29. The predicted molar refractivity (Wildman–Crippen MR) is 48.8 cm³/mol. The molecule has 1 fully saturated rings. The zero-order valence-electron chi connectivity index (χ0n) is 8.46. The summed E-state index contributed by atoms with van der Waals surface area (Å²) >= 11 is 0. The highest BCUT2D eigenvalue weighted by Crippen LogP contribution is 2.60. The Kier molecular flexibility index (Phi) is 2.26. The Morgan fingerprint density at radius 1 is 1.25 bits per heavy atom. The van der Waals surface area contributed by atoms with Gasteiger partial charge in [0.1, 0.15) is 0 Å². The normalized spacial score (nSPS) is 33.5. The van der Waals surface area contributed by atoms with Crippen LogP contribution < -0.4 is 0 Å². The Bertz CT molecular complexity index is 167. The topological polar surface area (TPSA) is 40.5 Å². The molecule has 2 N–H and O–H groups in total. The zero-order chi connectivity index (χ0) is 9.57. The number of hydrogen-bond acceptors (Lipinski definition) is 2. The quantitative estimate of drug-likeness (QED) is 0.675. The van der Waals surface area contributed by atoms with Crippen molar-refractivity contribution in [3.63, 3.8) is 0 Å². The lowest BCUT2D eigenvalue weighted by Gasteiger charge is -2.17. The molecule has 1 aliphatic rings. The SMILES string of the molecule is CC(C)(O)CC1[C@@H](CO)C1(C)C. The number of aliphatic hydroxyl groups is 2. The largest absolute Gasteiger partial charge is 0.396 e. The Balaban J connectivity index is 2.48. The molecule has 1 saturated carbocycles. The van der Waals surface area contributed by atoms with E-state index in [9.17, 15) is 5.11 Å². The maximum atomic E-state index is 9.59. The molecule has 0 aromatic rings. The molecule has 1 unspecified atom stereocenters. The van der Waals surface area contributed by atoms with Crippen LogP contribution in [0.4, 0.5) is 0 Å². The van der Waals surface area contributed by atoms with Gasteiger partial charge in [-0.25, -0.2) is 0 Å². The van der Waals surface area contributed by atoms with Crippen molar-refractivity contribution in [1.82, 2.24) is 0 Å². The number of aliphatic hydroxyl groups excluding tert-OH is 1. The van der Waals surface area contributed by atoms with Crippen molar-refractivity contribution in [2.45, 2.75) is 39.7 Å². The van der Waals surface area contributed by atoms with Crippen molar-refractivity contribution in [3.8, 4) is 0 Å². The van der Waals surface area contributed by atoms with E-state index in [1.807, 2.05) is 13.8 Å². The third-order valence-electron chi connectivity index (χ3n) is 3.20. The molecule has 0 saturated heterocycles. The highest BCUT2D eigenvalue weighted by Gasteiger charge is 2.57. The van der Waals surface area contributed by atoms with E-state index in [0.29, 0.717) is 11.8 Å². The van der Waals surface area contributed by atoms with Crippen LogP contribution in [0.2, 0.25) is 0 Å². The van der Waals surface area contributed by atoms with Crippen LogP contribution in [0.3, 0.4) is 0 Å². The average molecular weight is 172 g/mol. The smallest absolute Gasteiger partial charge is 0.0594 e. The lowest BCUT2D eigenvalue weighted by Crippen LogP contribution is -2.20. The van der Waals surface area contributed by atoms with Gasteiger partial charge in [-0.05, 0) is 37.5 Å². The molecular formula is C10H20O2. The summed E-state index contributed by atoms with van der Waals surface area (Å²) in [5, 5.41) is 18.6. The van der Waals surface area contributed by atoms with Gasteiger partial charge in [0.15, 0.2) is 0 Å². The van der Waals surface area contributed by atoms with Gasteiger partial charge < -0.3 is 10.2 Å². The summed E-state index contributed by atoms with van der Waals surface area (Å²) in [6, 6.07) is 0. The van der Waals surface area contributed by atoms with Gasteiger partial charge in [0, 0.05) is 6.61 Å². The van der Waals surface area contributed by atoms with Crippen LogP contribution >= 0.6 is 0 Å². The molecule has 2 atom stereocenters. The molecule has 0 radical (unpaired) electrons. The van der Waals surface area contributed by atoms with Crippen molar-refractivity contribution >= 4 is 0 Å². The van der Waals surface area contributed by atoms with Gasteiger partial charge in [0.25, 0.3) is 0 Å². The van der Waals surface area contributed by atoms with E-state index in [-0.39, 0.29) is 12.0 Å². The monoisotopic (exact) mass is 172 g/mol. The number of rotatable bonds is 3. The summed E-state index contributed by atoms with van der Waals surface area (Å²) in [7, 11) is 0. The predicted octanol–water partition coefficient (Wildman–Crippen LogP) is 1.41. The fourth-order valence-electron chi connectivity index (χ4n) is 2.16. The molecule has 12 heavy (non-hydrogen) atoms. The van der Waals surface area contributed by atoms with Crippen LogP contribution in [-0.4, -0.2) is 22.4 Å².